The summed E-state index contributed by atoms with van der Waals surface area (Å²) in [6.45, 7) is 1.90. The molecule has 0 spiro atoms. The molecule has 1 fully saturated rings. The predicted molar refractivity (Wildman–Crippen MR) is 122 cm³/mol. The molecule has 3 aromatic carbocycles. The SMILES string of the molecule is Brc1ccc(-n2nnnc2CC2N(c3ccccc3)CCN2c2ccccc2)cc1. The fraction of sp³-hybridized carbons (Fsp3) is 0.174. The van der Waals surface area contributed by atoms with Crippen LogP contribution >= 0.6 is 15.9 Å². The maximum Gasteiger partial charge on any atom is 0.160 e. The average Bonchev–Trinajstić information content (AvgIpc) is 3.43. The second kappa shape index (κ2) is 8.28. The molecular formula is C23H21BrN6. The lowest BCUT2D eigenvalue weighted by Gasteiger charge is -2.32. The maximum atomic E-state index is 4.37. The van der Waals surface area contributed by atoms with Crippen LogP contribution in [0.2, 0.25) is 0 Å². The molecule has 30 heavy (non-hydrogen) atoms. The summed E-state index contributed by atoms with van der Waals surface area (Å²) in [5, 5.41) is 12.6. The fourth-order valence-electron chi connectivity index (χ4n) is 4.02. The van der Waals surface area contributed by atoms with Gasteiger partial charge in [0.15, 0.2) is 5.82 Å². The zero-order valence-electron chi connectivity index (χ0n) is 16.3. The number of aromatic nitrogens is 4. The Hall–Kier alpha value is -3.19. The molecule has 0 unspecified atom stereocenters. The molecule has 4 aromatic rings. The molecule has 2 heterocycles. The quantitative estimate of drug-likeness (QED) is 0.443. The maximum absolute atomic E-state index is 4.37. The average molecular weight is 461 g/mol. The molecule has 0 N–H and O–H groups in total. The highest BCUT2D eigenvalue weighted by atomic mass is 79.9. The van der Waals surface area contributed by atoms with Crippen molar-refractivity contribution < 1.29 is 0 Å². The van der Waals surface area contributed by atoms with E-state index >= 15 is 0 Å². The minimum absolute atomic E-state index is 0.120. The number of hydrogen-bond acceptors (Lipinski definition) is 5. The third-order valence-electron chi connectivity index (χ3n) is 5.45. The van der Waals surface area contributed by atoms with E-state index in [0.29, 0.717) is 6.42 Å². The number of tetrazole rings is 1. The van der Waals surface area contributed by atoms with Crippen molar-refractivity contribution in [3.05, 3.63) is 95.2 Å². The normalized spacial score (nSPS) is 14.4. The van der Waals surface area contributed by atoms with E-state index in [0.717, 1.165) is 29.1 Å². The molecule has 7 heteroatoms. The highest BCUT2D eigenvalue weighted by Crippen LogP contribution is 2.30. The molecule has 0 bridgehead atoms. The molecule has 1 aliphatic rings. The highest BCUT2D eigenvalue weighted by molar-refractivity contribution is 9.10. The van der Waals surface area contributed by atoms with Gasteiger partial charge in [-0.15, -0.1) is 5.10 Å². The number of rotatable bonds is 5. The molecule has 0 saturated carbocycles. The first kappa shape index (κ1) is 18.8. The van der Waals surface area contributed by atoms with Crippen molar-refractivity contribution in [2.75, 3.05) is 22.9 Å². The van der Waals surface area contributed by atoms with Crippen LogP contribution in [0.5, 0.6) is 0 Å². The Morgan fingerprint density at radius 2 is 1.30 bits per heavy atom. The van der Waals surface area contributed by atoms with Crippen LogP contribution in [-0.2, 0) is 6.42 Å². The van der Waals surface area contributed by atoms with Gasteiger partial charge in [-0.2, -0.15) is 4.68 Å². The lowest BCUT2D eigenvalue weighted by Crippen LogP contribution is -2.41. The molecule has 1 saturated heterocycles. The van der Waals surface area contributed by atoms with Crippen LogP contribution in [0.4, 0.5) is 11.4 Å². The van der Waals surface area contributed by atoms with Gasteiger partial charge in [-0.25, -0.2) is 0 Å². The Morgan fingerprint density at radius 3 is 1.87 bits per heavy atom. The summed E-state index contributed by atoms with van der Waals surface area (Å²) in [5.41, 5.74) is 3.38. The Labute approximate surface area is 183 Å². The number of benzene rings is 3. The number of nitrogens with zero attached hydrogens (tertiary/aromatic N) is 6. The predicted octanol–water partition coefficient (Wildman–Crippen LogP) is 4.32. The molecule has 0 atom stereocenters. The zero-order valence-corrected chi connectivity index (χ0v) is 17.9. The number of hydrogen-bond donors (Lipinski definition) is 0. The van der Waals surface area contributed by atoms with Gasteiger partial charge in [0.2, 0.25) is 0 Å². The lowest BCUT2D eigenvalue weighted by atomic mass is 10.2. The van der Waals surface area contributed by atoms with Crippen molar-refractivity contribution >= 4 is 27.3 Å². The Balaban J connectivity index is 1.50. The van der Waals surface area contributed by atoms with Gasteiger partial charge >= 0.3 is 0 Å². The molecule has 1 aromatic heterocycles. The summed E-state index contributed by atoms with van der Waals surface area (Å²) >= 11 is 3.49. The van der Waals surface area contributed by atoms with E-state index in [2.05, 4.69) is 102 Å². The summed E-state index contributed by atoms with van der Waals surface area (Å²) < 4.78 is 2.86. The van der Waals surface area contributed by atoms with E-state index in [-0.39, 0.29) is 6.17 Å². The van der Waals surface area contributed by atoms with Crippen LogP contribution in [0.1, 0.15) is 5.82 Å². The minimum Gasteiger partial charge on any atom is -0.349 e. The van der Waals surface area contributed by atoms with Gasteiger partial charge < -0.3 is 9.80 Å². The van der Waals surface area contributed by atoms with Crippen LogP contribution in [0.25, 0.3) is 5.69 Å². The molecule has 0 aliphatic carbocycles. The van der Waals surface area contributed by atoms with Crippen molar-refractivity contribution in [2.45, 2.75) is 12.6 Å². The van der Waals surface area contributed by atoms with E-state index < -0.39 is 0 Å². The van der Waals surface area contributed by atoms with Gasteiger partial charge in [-0.1, -0.05) is 52.3 Å². The van der Waals surface area contributed by atoms with Gasteiger partial charge in [0.25, 0.3) is 0 Å². The third kappa shape index (κ3) is 3.68. The van der Waals surface area contributed by atoms with Gasteiger partial charge in [-0.05, 0) is 59.0 Å². The van der Waals surface area contributed by atoms with E-state index in [1.807, 2.05) is 28.9 Å². The monoisotopic (exact) mass is 460 g/mol. The first-order valence-electron chi connectivity index (χ1n) is 9.96. The van der Waals surface area contributed by atoms with Gasteiger partial charge in [0.05, 0.1) is 5.69 Å². The molecular weight excluding hydrogens is 440 g/mol. The van der Waals surface area contributed by atoms with Gasteiger partial charge in [0, 0.05) is 35.4 Å². The largest absolute Gasteiger partial charge is 0.349 e. The van der Waals surface area contributed by atoms with E-state index in [9.17, 15) is 0 Å². The van der Waals surface area contributed by atoms with Crippen LogP contribution in [0.15, 0.2) is 89.4 Å². The summed E-state index contributed by atoms with van der Waals surface area (Å²) in [5.74, 6) is 0.839. The van der Waals surface area contributed by atoms with E-state index in [1.54, 1.807) is 0 Å². The summed E-state index contributed by atoms with van der Waals surface area (Å²) in [7, 11) is 0. The summed E-state index contributed by atoms with van der Waals surface area (Å²) in [4.78, 5) is 4.88. The number of anilines is 2. The Morgan fingerprint density at radius 1 is 0.733 bits per heavy atom. The molecule has 1 aliphatic heterocycles. The van der Waals surface area contributed by atoms with Crippen LogP contribution in [0, 0.1) is 0 Å². The van der Waals surface area contributed by atoms with Crippen molar-refractivity contribution in [1.29, 1.82) is 0 Å². The molecule has 150 valence electrons. The standard InChI is InChI=1S/C23H21BrN6/c24-18-11-13-21(14-12-18)30-22(25-26-27-30)17-23-28(19-7-3-1-4-8-19)15-16-29(23)20-9-5-2-6-10-20/h1-14,23H,15-17H2. The van der Waals surface area contributed by atoms with Crippen molar-refractivity contribution in [3.63, 3.8) is 0 Å². The van der Waals surface area contributed by atoms with E-state index in [4.69, 9.17) is 0 Å². The first-order valence-corrected chi connectivity index (χ1v) is 10.8. The molecule has 0 amide bonds. The van der Waals surface area contributed by atoms with Crippen LogP contribution in [0.3, 0.4) is 0 Å². The Bertz CT molecular complexity index is 1050. The van der Waals surface area contributed by atoms with Gasteiger partial charge in [0.1, 0.15) is 6.17 Å². The smallest absolute Gasteiger partial charge is 0.160 e. The van der Waals surface area contributed by atoms with E-state index in [1.165, 1.54) is 11.4 Å². The zero-order chi connectivity index (χ0) is 20.3. The second-order valence-electron chi connectivity index (χ2n) is 7.23. The molecule has 0 radical (unpaired) electrons. The summed E-state index contributed by atoms with van der Waals surface area (Å²) in [6.07, 6.45) is 0.822. The highest BCUT2D eigenvalue weighted by Gasteiger charge is 2.34. The Kier molecular flexibility index (Phi) is 5.19. The molecule has 5 rings (SSSR count). The molecule has 6 nitrogen and oxygen atoms in total. The number of para-hydroxylation sites is 2. The fourth-order valence-corrected chi connectivity index (χ4v) is 4.29. The second-order valence-corrected chi connectivity index (χ2v) is 8.14. The lowest BCUT2D eigenvalue weighted by molar-refractivity contribution is 0.624. The van der Waals surface area contributed by atoms with Crippen molar-refractivity contribution in [3.8, 4) is 5.69 Å². The van der Waals surface area contributed by atoms with Crippen molar-refractivity contribution in [2.24, 2.45) is 0 Å². The summed E-state index contributed by atoms with van der Waals surface area (Å²) in [6, 6.07) is 29.2. The van der Waals surface area contributed by atoms with Crippen molar-refractivity contribution in [1.82, 2.24) is 20.2 Å². The first-order chi connectivity index (χ1) is 14.8. The van der Waals surface area contributed by atoms with Crippen LogP contribution in [-0.4, -0.2) is 39.5 Å². The topological polar surface area (TPSA) is 50.1 Å². The minimum atomic E-state index is 0.120. The number of halogens is 1. The third-order valence-corrected chi connectivity index (χ3v) is 5.98. The van der Waals surface area contributed by atoms with Crippen LogP contribution < -0.4 is 9.80 Å². The van der Waals surface area contributed by atoms with Gasteiger partial charge in [-0.3, -0.25) is 0 Å².